The summed E-state index contributed by atoms with van der Waals surface area (Å²) < 4.78 is 11.0. The number of ether oxygens (including phenoxy) is 2. The van der Waals surface area contributed by atoms with Gasteiger partial charge in [-0.1, -0.05) is 11.6 Å². The van der Waals surface area contributed by atoms with Crippen molar-refractivity contribution in [1.82, 2.24) is 4.90 Å². The molecule has 0 atom stereocenters. The van der Waals surface area contributed by atoms with Gasteiger partial charge in [0.1, 0.15) is 5.75 Å². The lowest BCUT2D eigenvalue weighted by Gasteiger charge is -2.20. The first kappa shape index (κ1) is 19.0. The summed E-state index contributed by atoms with van der Waals surface area (Å²) in [6, 6.07) is 7.85. The highest BCUT2D eigenvalue weighted by molar-refractivity contribution is 7.16. The van der Waals surface area contributed by atoms with Crippen molar-refractivity contribution >= 4 is 34.5 Å². The summed E-state index contributed by atoms with van der Waals surface area (Å²) in [5, 5.41) is 11.1. The molecule has 0 saturated carbocycles. The van der Waals surface area contributed by atoms with Crippen LogP contribution < -0.4 is 9.47 Å². The van der Waals surface area contributed by atoms with Gasteiger partial charge in [0.2, 0.25) is 0 Å². The van der Waals surface area contributed by atoms with Crippen molar-refractivity contribution in [2.45, 2.75) is 13.5 Å². The second-order valence-electron chi connectivity index (χ2n) is 4.99. The Hall–Kier alpha value is -2.32. The van der Waals surface area contributed by atoms with Crippen LogP contribution in [0, 0.1) is 10.1 Å². The molecule has 1 aromatic heterocycles. The predicted octanol–water partition coefficient (Wildman–Crippen LogP) is 3.75. The number of halogens is 1. The van der Waals surface area contributed by atoms with Crippen LogP contribution in [0.15, 0.2) is 30.3 Å². The monoisotopic (exact) mass is 384 g/mol. The third-order valence-corrected chi connectivity index (χ3v) is 4.64. The van der Waals surface area contributed by atoms with Crippen LogP contribution in [0.25, 0.3) is 0 Å². The topological polar surface area (TPSA) is 81.9 Å². The van der Waals surface area contributed by atoms with E-state index in [1.807, 2.05) is 13.0 Å². The second kappa shape index (κ2) is 8.68. The molecule has 0 aliphatic heterocycles. The fraction of sp³-hybridized carbons (Fsp3) is 0.312. The molecule has 1 amide bonds. The van der Waals surface area contributed by atoms with E-state index in [-0.39, 0.29) is 24.0 Å². The molecule has 2 aromatic rings. The first-order valence-corrected chi connectivity index (χ1v) is 8.61. The van der Waals surface area contributed by atoms with Gasteiger partial charge in [-0.05, 0) is 31.2 Å². The number of likely N-dealkylation sites (N-methyl/N-ethyl adjacent to an activating group) is 1. The summed E-state index contributed by atoms with van der Waals surface area (Å²) in [5.74, 6) is 0.0987. The highest BCUT2D eigenvalue weighted by Crippen LogP contribution is 2.31. The van der Waals surface area contributed by atoms with E-state index in [0.717, 1.165) is 4.88 Å². The van der Waals surface area contributed by atoms with Gasteiger partial charge in [-0.25, -0.2) is 0 Å². The first-order valence-electron chi connectivity index (χ1n) is 7.41. The van der Waals surface area contributed by atoms with E-state index in [2.05, 4.69) is 0 Å². The molecule has 7 nitrogen and oxygen atoms in total. The predicted molar refractivity (Wildman–Crippen MR) is 95.6 cm³/mol. The van der Waals surface area contributed by atoms with E-state index in [9.17, 15) is 14.9 Å². The number of amides is 1. The van der Waals surface area contributed by atoms with Crippen molar-refractivity contribution in [3.63, 3.8) is 0 Å². The number of rotatable bonds is 8. The molecule has 0 spiro atoms. The van der Waals surface area contributed by atoms with Gasteiger partial charge in [-0.15, -0.1) is 11.3 Å². The van der Waals surface area contributed by atoms with Crippen molar-refractivity contribution in [2.75, 3.05) is 20.3 Å². The maximum atomic E-state index is 12.3. The van der Waals surface area contributed by atoms with Gasteiger partial charge >= 0.3 is 5.69 Å². The average Bonchev–Trinajstić information content (AvgIpc) is 3.02. The molecular weight excluding hydrogens is 368 g/mol. The molecule has 0 aliphatic carbocycles. The maximum absolute atomic E-state index is 12.3. The van der Waals surface area contributed by atoms with E-state index >= 15 is 0 Å². The van der Waals surface area contributed by atoms with Crippen LogP contribution in [0.1, 0.15) is 11.8 Å². The van der Waals surface area contributed by atoms with Crippen molar-refractivity contribution in [2.24, 2.45) is 0 Å². The van der Waals surface area contributed by atoms with Crippen molar-refractivity contribution in [1.29, 1.82) is 0 Å². The number of nitrogens with zero attached hydrogens (tertiary/aromatic N) is 2. The molecule has 0 unspecified atom stereocenters. The molecule has 2 rings (SSSR count). The number of hydrogen-bond acceptors (Lipinski definition) is 6. The Labute approximate surface area is 153 Å². The van der Waals surface area contributed by atoms with E-state index < -0.39 is 4.92 Å². The minimum atomic E-state index is -0.576. The number of benzene rings is 1. The molecule has 9 heteroatoms. The number of methoxy groups -OCH3 is 1. The van der Waals surface area contributed by atoms with Gasteiger partial charge < -0.3 is 14.4 Å². The zero-order chi connectivity index (χ0) is 18.4. The molecule has 1 heterocycles. The Balaban J connectivity index is 2.04. The highest BCUT2D eigenvalue weighted by Gasteiger charge is 2.19. The number of carbonyl (C=O) groups is 1. The number of nitro benzene ring substituents is 1. The minimum absolute atomic E-state index is 0.0226. The van der Waals surface area contributed by atoms with Crippen LogP contribution in [0.2, 0.25) is 4.34 Å². The van der Waals surface area contributed by atoms with Crippen molar-refractivity contribution in [3.8, 4) is 11.5 Å². The zero-order valence-corrected chi connectivity index (χ0v) is 15.3. The van der Waals surface area contributed by atoms with Crippen LogP contribution in [-0.2, 0) is 11.3 Å². The molecule has 25 heavy (non-hydrogen) atoms. The highest BCUT2D eigenvalue weighted by atomic mass is 35.5. The molecule has 0 bridgehead atoms. The fourth-order valence-corrected chi connectivity index (χ4v) is 3.22. The summed E-state index contributed by atoms with van der Waals surface area (Å²) >= 11 is 7.30. The minimum Gasteiger partial charge on any atom is -0.496 e. The Morgan fingerprint density at radius 2 is 2.12 bits per heavy atom. The molecule has 0 aliphatic rings. The first-order chi connectivity index (χ1) is 11.9. The number of nitro groups is 1. The van der Waals surface area contributed by atoms with Gasteiger partial charge in [-0.2, -0.15) is 0 Å². The van der Waals surface area contributed by atoms with E-state index in [4.69, 9.17) is 21.1 Å². The van der Waals surface area contributed by atoms with Gasteiger partial charge in [0.15, 0.2) is 12.4 Å². The van der Waals surface area contributed by atoms with Crippen LogP contribution in [0.3, 0.4) is 0 Å². The Kier molecular flexibility index (Phi) is 6.60. The largest absolute Gasteiger partial charge is 0.496 e. The summed E-state index contributed by atoms with van der Waals surface area (Å²) in [4.78, 5) is 25.4. The third kappa shape index (κ3) is 5.07. The second-order valence-corrected chi connectivity index (χ2v) is 6.79. The van der Waals surface area contributed by atoms with Gasteiger partial charge in [0.25, 0.3) is 5.91 Å². The molecule has 1 aromatic carbocycles. The van der Waals surface area contributed by atoms with E-state index in [0.29, 0.717) is 23.2 Å². The Bertz CT molecular complexity index is 765. The van der Waals surface area contributed by atoms with Crippen LogP contribution in [0.4, 0.5) is 5.69 Å². The average molecular weight is 385 g/mol. The lowest BCUT2D eigenvalue weighted by Crippen LogP contribution is -2.34. The lowest BCUT2D eigenvalue weighted by atomic mass is 10.3. The number of hydrogen-bond donors (Lipinski definition) is 0. The summed E-state index contributed by atoms with van der Waals surface area (Å²) in [6.45, 7) is 2.46. The standard InChI is InChI=1S/C16H17ClN2O5S/c1-3-18(9-12-5-7-15(17)25-12)16(20)10-24-14-6-4-11(23-2)8-13(14)19(21)22/h4-8H,3,9-10H2,1-2H3. The Morgan fingerprint density at radius 1 is 1.36 bits per heavy atom. The van der Waals surface area contributed by atoms with Crippen molar-refractivity contribution in [3.05, 3.63) is 49.7 Å². The zero-order valence-electron chi connectivity index (χ0n) is 13.7. The Morgan fingerprint density at radius 3 is 2.68 bits per heavy atom. The molecule has 0 fully saturated rings. The SMILES string of the molecule is CCN(Cc1ccc(Cl)s1)C(=O)COc1ccc(OC)cc1[N+](=O)[O-]. The summed E-state index contributed by atoms with van der Waals surface area (Å²) in [5.41, 5.74) is -0.250. The number of carbonyl (C=O) groups excluding carboxylic acids is 1. The fourth-order valence-electron chi connectivity index (χ4n) is 2.12. The van der Waals surface area contributed by atoms with Gasteiger partial charge in [0.05, 0.1) is 29.0 Å². The molecule has 0 radical (unpaired) electrons. The summed E-state index contributed by atoms with van der Waals surface area (Å²) in [6.07, 6.45) is 0. The number of thiophene rings is 1. The molecule has 134 valence electrons. The normalized spacial score (nSPS) is 10.4. The van der Waals surface area contributed by atoms with Crippen LogP contribution in [-0.4, -0.2) is 36.0 Å². The maximum Gasteiger partial charge on any atom is 0.314 e. The quantitative estimate of drug-likeness (QED) is 0.511. The molecular formula is C16H17ClN2O5S. The molecule has 0 N–H and O–H groups in total. The van der Waals surface area contributed by atoms with Crippen molar-refractivity contribution < 1.29 is 19.2 Å². The van der Waals surface area contributed by atoms with E-state index in [1.165, 1.54) is 36.6 Å². The third-order valence-electron chi connectivity index (χ3n) is 3.42. The summed E-state index contributed by atoms with van der Waals surface area (Å²) in [7, 11) is 1.42. The van der Waals surface area contributed by atoms with Crippen LogP contribution in [0.5, 0.6) is 11.5 Å². The van der Waals surface area contributed by atoms with Crippen LogP contribution >= 0.6 is 22.9 Å². The van der Waals surface area contributed by atoms with Gasteiger partial charge in [0, 0.05) is 11.4 Å². The van der Waals surface area contributed by atoms with E-state index in [1.54, 1.807) is 11.0 Å². The smallest absolute Gasteiger partial charge is 0.314 e. The molecule has 0 saturated heterocycles. The van der Waals surface area contributed by atoms with Gasteiger partial charge in [-0.3, -0.25) is 14.9 Å². The lowest BCUT2D eigenvalue weighted by molar-refractivity contribution is -0.385.